The van der Waals surface area contributed by atoms with E-state index >= 15 is 4.39 Å². The Kier molecular flexibility index (Phi) is 12.7. The van der Waals surface area contributed by atoms with E-state index in [2.05, 4.69) is 26.1 Å². The topological polar surface area (TPSA) is 106 Å². The van der Waals surface area contributed by atoms with E-state index in [-0.39, 0.29) is 48.3 Å². The van der Waals surface area contributed by atoms with Gasteiger partial charge in [-0.3, -0.25) is 4.79 Å². The number of hydrogen-bond acceptors (Lipinski definition) is 9. The van der Waals surface area contributed by atoms with Crippen LogP contribution in [-0.2, 0) is 24.8 Å². The van der Waals surface area contributed by atoms with E-state index < -0.39 is 15.1 Å². The van der Waals surface area contributed by atoms with Crippen molar-refractivity contribution in [2.75, 3.05) is 98.1 Å². The van der Waals surface area contributed by atoms with Crippen LogP contribution in [0, 0.1) is 23.6 Å². The first-order chi connectivity index (χ1) is 27.0. The number of amides is 2. The van der Waals surface area contributed by atoms with Gasteiger partial charge in [-0.15, -0.1) is 0 Å². The largest absolute Gasteiger partial charge is 0.453 e. The van der Waals surface area contributed by atoms with Crippen LogP contribution in [0.15, 0.2) is 65.6 Å². The number of ether oxygens (including phenoxy) is 1. The maximum Gasteiger partial charge on any atom is 0.407 e. The predicted octanol–water partition coefficient (Wildman–Crippen LogP) is 4.63. The average Bonchev–Trinajstić information content (AvgIpc) is 3.84. The highest BCUT2D eigenvalue weighted by molar-refractivity contribution is 7.92. The first-order valence-corrected chi connectivity index (χ1v) is 22.2. The fraction of sp³-hybridized carbons (Fsp3) is 0.628. The van der Waals surface area contributed by atoms with Crippen LogP contribution in [0.25, 0.3) is 0 Å². The summed E-state index contributed by atoms with van der Waals surface area (Å²) in [6, 6.07) is 14.6. The van der Waals surface area contributed by atoms with Gasteiger partial charge >= 0.3 is 6.09 Å². The third kappa shape index (κ3) is 8.80. The summed E-state index contributed by atoms with van der Waals surface area (Å²) in [6.45, 7) is 8.96. The Bertz CT molecular complexity index is 1800. The monoisotopic (exact) mass is 792 g/mol. The van der Waals surface area contributed by atoms with Crippen LogP contribution in [0.4, 0.5) is 14.9 Å². The molecule has 5 aliphatic rings. The molecule has 0 unspecified atom stereocenters. The second-order valence-electron chi connectivity index (χ2n) is 17.2. The number of carbonyl (C=O) groups is 2. The van der Waals surface area contributed by atoms with Crippen molar-refractivity contribution in [1.29, 1.82) is 0 Å². The lowest BCUT2D eigenvalue weighted by Gasteiger charge is -2.52. The average molecular weight is 793 g/mol. The summed E-state index contributed by atoms with van der Waals surface area (Å²) >= 11 is 0. The molecule has 0 aromatic heterocycles. The van der Waals surface area contributed by atoms with Crippen LogP contribution in [0.5, 0.6) is 0 Å². The summed E-state index contributed by atoms with van der Waals surface area (Å²) < 4.78 is 46.8. The van der Waals surface area contributed by atoms with Gasteiger partial charge in [0.1, 0.15) is 11.1 Å². The van der Waals surface area contributed by atoms with Crippen LogP contribution in [-0.4, -0.2) is 145 Å². The molecule has 4 saturated heterocycles. The lowest BCUT2D eigenvalue weighted by atomic mass is 9.58. The number of anilines is 1. The number of hydrogen-bond donors (Lipinski definition) is 1. The van der Waals surface area contributed by atoms with Gasteiger partial charge in [-0.1, -0.05) is 24.6 Å². The molecule has 2 aromatic rings. The fourth-order valence-electron chi connectivity index (χ4n) is 10.4. The molecule has 56 heavy (non-hydrogen) atoms. The first kappa shape index (κ1) is 40.7. The van der Waals surface area contributed by atoms with Crippen molar-refractivity contribution in [3.05, 3.63) is 72.1 Å². The Labute approximate surface area is 333 Å². The Hall–Kier alpha value is -3.52. The minimum absolute atomic E-state index is 0.0126. The highest BCUT2D eigenvalue weighted by Crippen LogP contribution is 2.51. The van der Waals surface area contributed by atoms with Crippen LogP contribution in [0.3, 0.4) is 0 Å². The Morgan fingerprint density at radius 2 is 1.64 bits per heavy atom. The van der Waals surface area contributed by atoms with Gasteiger partial charge in [0, 0.05) is 75.0 Å². The molecule has 0 radical (unpaired) electrons. The number of methoxy groups -OCH3 is 1. The number of likely N-dealkylation sites (tertiary alicyclic amines) is 3. The molecule has 0 bridgehead atoms. The van der Waals surface area contributed by atoms with E-state index in [0.29, 0.717) is 23.3 Å². The zero-order valence-corrected chi connectivity index (χ0v) is 34.3. The molecule has 306 valence electrons. The predicted molar refractivity (Wildman–Crippen MR) is 217 cm³/mol. The zero-order valence-electron chi connectivity index (χ0n) is 33.5. The van der Waals surface area contributed by atoms with Gasteiger partial charge in [-0.05, 0) is 133 Å². The molecule has 1 aliphatic carbocycles. The molecule has 4 aliphatic heterocycles. The van der Waals surface area contributed by atoms with Crippen molar-refractivity contribution in [1.82, 2.24) is 24.9 Å². The van der Waals surface area contributed by atoms with E-state index in [9.17, 15) is 18.0 Å². The summed E-state index contributed by atoms with van der Waals surface area (Å²) in [5, 5.41) is 2.62. The van der Waals surface area contributed by atoms with Crippen LogP contribution in [0.1, 0.15) is 50.5 Å². The van der Waals surface area contributed by atoms with E-state index in [4.69, 9.17) is 4.74 Å². The molecule has 2 aromatic carbocycles. The molecule has 1 N–H and O–H groups in total. The summed E-state index contributed by atoms with van der Waals surface area (Å²) in [4.78, 5) is 36.3. The number of carbonyl (C=O) groups excluding carboxylic acids is 2. The lowest BCUT2D eigenvalue weighted by molar-refractivity contribution is -0.129. The third-order valence-corrected chi connectivity index (χ3v) is 15.5. The van der Waals surface area contributed by atoms with E-state index in [1.807, 2.05) is 37.2 Å². The van der Waals surface area contributed by atoms with Crippen molar-refractivity contribution in [3.63, 3.8) is 0 Å². The smallest absolute Gasteiger partial charge is 0.407 e. The summed E-state index contributed by atoms with van der Waals surface area (Å²) in [5.74, 6) is 0.727. The van der Waals surface area contributed by atoms with Gasteiger partial charge in [-0.25, -0.2) is 17.6 Å². The van der Waals surface area contributed by atoms with Crippen molar-refractivity contribution >= 4 is 27.5 Å². The zero-order chi connectivity index (χ0) is 39.5. The van der Waals surface area contributed by atoms with Crippen molar-refractivity contribution in [3.8, 4) is 0 Å². The maximum atomic E-state index is 15.1. The summed E-state index contributed by atoms with van der Waals surface area (Å²) in [6.07, 6.45) is 10.3. The van der Waals surface area contributed by atoms with Gasteiger partial charge in [0.15, 0.2) is 9.84 Å². The molecular formula is C43H61FN6O5S. The van der Waals surface area contributed by atoms with Gasteiger partial charge in [0.2, 0.25) is 5.91 Å². The number of rotatable bonds is 14. The van der Waals surface area contributed by atoms with Crippen molar-refractivity contribution in [2.45, 2.75) is 66.5 Å². The number of nitrogens with one attached hydrogen (secondary N) is 1. The molecule has 11 nitrogen and oxygen atoms in total. The number of halogens is 1. The molecular weight excluding hydrogens is 732 g/mol. The van der Waals surface area contributed by atoms with E-state index in [1.165, 1.54) is 26.0 Å². The molecule has 0 spiro atoms. The number of likely N-dealkylation sites (N-methyl/N-ethyl adjacent to an activating group) is 1. The molecule has 13 heteroatoms. The van der Waals surface area contributed by atoms with Gasteiger partial charge < -0.3 is 34.6 Å². The number of benzene rings is 2. The number of piperidine rings is 1. The highest BCUT2D eigenvalue weighted by atomic mass is 32.2. The Morgan fingerprint density at radius 3 is 2.30 bits per heavy atom. The molecule has 4 heterocycles. The fourth-order valence-corrected chi connectivity index (χ4v) is 12.0. The Balaban J connectivity index is 0.953. The molecule has 5 fully saturated rings. The number of nitrogens with zero attached hydrogens (tertiary/aromatic N) is 5. The summed E-state index contributed by atoms with van der Waals surface area (Å²) in [7, 11) is 1.76. The van der Waals surface area contributed by atoms with Gasteiger partial charge in [-0.2, -0.15) is 0 Å². The molecule has 3 atom stereocenters. The van der Waals surface area contributed by atoms with E-state index in [0.717, 1.165) is 95.7 Å². The van der Waals surface area contributed by atoms with Crippen LogP contribution < -0.4 is 10.2 Å². The molecule has 1 saturated carbocycles. The standard InChI is InChI=1S/C43H61FN6O5S/c1-46(2)20-8-13-41(51)50-29-38(30-50)56(53,54)37-16-14-36(15-17-37)49-27-32(28-49)26-47-23-18-33(19-24-47)43(31-48-21-4-5-22-48,34-9-6-10-35(44)25-34)39-11-7-12-40(39)45-42(52)55-3/h6,8-10,13-17,25,32-33,38-40H,4-5,7,11-12,18-24,26-31H2,1-3H3,(H,45,52)/b13-8+/t39-,40-,43-/m0/s1. The van der Waals surface area contributed by atoms with Crippen LogP contribution in [0.2, 0.25) is 0 Å². The molecule has 7 rings (SSSR count). The minimum atomic E-state index is -3.52. The maximum absolute atomic E-state index is 15.1. The number of alkyl carbamates (subject to hydrolysis) is 1. The third-order valence-electron chi connectivity index (χ3n) is 13.4. The molecule has 2 amide bonds. The van der Waals surface area contributed by atoms with E-state index in [1.54, 1.807) is 35.2 Å². The second-order valence-corrected chi connectivity index (χ2v) is 19.5. The summed E-state index contributed by atoms with van der Waals surface area (Å²) in [5.41, 5.74) is 1.82. The van der Waals surface area contributed by atoms with Crippen molar-refractivity contribution < 1.29 is 27.1 Å². The highest BCUT2D eigenvalue weighted by Gasteiger charge is 2.53. The quantitative estimate of drug-likeness (QED) is 0.275. The minimum Gasteiger partial charge on any atom is -0.453 e. The first-order valence-electron chi connectivity index (χ1n) is 20.7. The Morgan fingerprint density at radius 1 is 0.929 bits per heavy atom. The SMILES string of the molecule is COC(=O)N[C@H]1CCC[C@@H]1[C@](CN1CCCC1)(c1cccc(F)c1)C1CCN(CC2CN(c3ccc(S(=O)(=O)C4CN(C(=O)/C=C/CN(C)C)C4)cc3)C2)CC1. The van der Waals surface area contributed by atoms with Crippen LogP contribution >= 0.6 is 0 Å². The van der Waals surface area contributed by atoms with Gasteiger partial charge in [0.05, 0.1) is 12.0 Å². The normalized spacial score (nSPS) is 24.4. The number of sulfone groups is 1. The lowest BCUT2D eigenvalue weighted by Crippen LogP contribution is -2.58. The second kappa shape index (κ2) is 17.5. The van der Waals surface area contributed by atoms with Gasteiger partial charge in [0.25, 0.3) is 0 Å². The van der Waals surface area contributed by atoms with Crippen molar-refractivity contribution in [2.24, 2.45) is 17.8 Å².